The fourth-order valence-corrected chi connectivity index (χ4v) is 3.90. The van der Waals surface area contributed by atoms with E-state index in [1.165, 1.54) is 0 Å². The standard InChI is InChI=1S/C16H19NO4S/c18-16(17-19)8-2-1-5-11-22(20,21)15-10-9-13-6-3-4-7-14(13)12-15/h6-7,9-10,12H,1-5,8,11H2. The van der Waals surface area contributed by atoms with Crippen LogP contribution in [0.25, 0.3) is 12.2 Å². The van der Waals surface area contributed by atoms with Crippen molar-refractivity contribution in [2.75, 3.05) is 5.75 Å². The van der Waals surface area contributed by atoms with Crippen LogP contribution in [0.2, 0.25) is 0 Å². The van der Waals surface area contributed by atoms with Crippen molar-refractivity contribution in [2.24, 2.45) is 5.18 Å². The molecule has 2 rings (SSSR count). The number of benzene rings is 1. The van der Waals surface area contributed by atoms with Crippen LogP contribution < -0.4 is 10.4 Å². The number of nitroso groups, excluding NO2 is 1. The number of rotatable bonds is 7. The van der Waals surface area contributed by atoms with E-state index in [0.29, 0.717) is 24.2 Å². The summed E-state index contributed by atoms with van der Waals surface area (Å²) in [4.78, 5) is 21.0. The highest BCUT2D eigenvalue weighted by atomic mass is 32.2. The van der Waals surface area contributed by atoms with Crippen molar-refractivity contribution < 1.29 is 13.2 Å². The summed E-state index contributed by atoms with van der Waals surface area (Å²) in [6.07, 6.45) is 7.76. The third kappa shape index (κ3) is 4.34. The van der Waals surface area contributed by atoms with Crippen molar-refractivity contribution in [2.45, 2.75) is 43.4 Å². The Morgan fingerprint density at radius 3 is 2.50 bits per heavy atom. The molecule has 1 aromatic carbocycles. The summed E-state index contributed by atoms with van der Waals surface area (Å²) >= 11 is 0. The van der Waals surface area contributed by atoms with Gasteiger partial charge >= 0.3 is 0 Å². The normalized spacial score (nSPS) is 13.6. The van der Waals surface area contributed by atoms with Gasteiger partial charge in [0, 0.05) is 11.6 Å². The van der Waals surface area contributed by atoms with Gasteiger partial charge in [0.25, 0.3) is 5.91 Å². The third-order valence-electron chi connectivity index (χ3n) is 3.72. The van der Waals surface area contributed by atoms with Gasteiger partial charge in [-0.2, -0.15) is 0 Å². The number of carbonyl (C=O) groups excluding carboxylic acids is 1. The van der Waals surface area contributed by atoms with E-state index in [2.05, 4.69) is 17.3 Å². The van der Waals surface area contributed by atoms with E-state index >= 15 is 0 Å². The Morgan fingerprint density at radius 1 is 1.05 bits per heavy atom. The van der Waals surface area contributed by atoms with Crippen LogP contribution in [0, 0.1) is 4.91 Å². The molecule has 0 N–H and O–H groups in total. The minimum Gasteiger partial charge on any atom is -0.269 e. The van der Waals surface area contributed by atoms with Crippen LogP contribution in [0.15, 0.2) is 28.3 Å². The quantitative estimate of drug-likeness (QED) is 0.565. The molecule has 0 saturated heterocycles. The first kappa shape index (κ1) is 16.5. The van der Waals surface area contributed by atoms with Crippen molar-refractivity contribution in [1.29, 1.82) is 0 Å². The minimum absolute atomic E-state index is 0.0538. The van der Waals surface area contributed by atoms with Gasteiger partial charge < -0.3 is 0 Å². The molecule has 0 bridgehead atoms. The smallest absolute Gasteiger partial charge is 0.269 e. The zero-order valence-electron chi connectivity index (χ0n) is 12.3. The second-order valence-corrected chi connectivity index (χ2v) is 7.50. The Balaban J connectivity index is 1.96. The van der Waals surface area contributed by atoms with Gasteiger partial charge in [-0.05, 0) is 48.3 Å². The van der Waals surface area contributed by atoms with E-state index in [4.69, 9.17) is 0 Å². The van der Waals surface area contributed by atoms with Crippen LogP contribution in [0.3, 0.4) is 0 Å². The number of nitrogens with zero attached hydrogens (tertiary/aromatic N) is 1. The van der Waals surface area contributed by atoms with E-state index in [9.17, 15) is 18.1 Å². The molecule has 0 aromatic heterocycles. The molecule has 0 spiro atoms. The summed E-state index contributed by atoms with van der Waals surface area (Å²) < 4.78 is 24.6. The molecular formula is C16H19NO4S. The summed E-state index contributed by atoms with van der Waals surface area (Å²) in [7, 11) is -3.30. The Bertz CT molecular complexity index is 781. The monoisotopic (exact) mass is 321 g/mol. The Morgan fingerprint density at radius 2 is 1.77 bits per heavy atom. The molecule has 0 aliphatic heterocycles. The molecule has 0 unspecified atom stereocenters. The van der Waals surface area contributed by atoms with Gasteiger partial charge in [-0.1, -0.05) is 24.6 Å². The van der Waals surface area contributed by atoms with E-state index in [-0.39, 0.29) is 12.2 Å². The van der Waals surface area contributed by atoms with Crippen LogP contribution in [0.1, 0.15) is 38.5 Å². The predicted molar refractivity (Wildman–Crippen MR) is 85.2 cm³/mol. The van der Waals surface area contributed by atoms with Gasteiger partial charge in [-0.15, -0.1) is 4.91 Å². The molecule has 0 atom stereocenters. The van der Waals surface area contributed by atoms with Gasteiger partial charge in [0.2, 0.25) is 0 Å². The van der Waals surface area contributed by atoms with Crippen molar-refractivity contribution >= 4 is 27.9 Å². The summed E-state index contributed by atoms with van der Waals surface area (Å²) in [5, 5.41) is 4.38. The molecule has 118 valence electrons. The molecule has 1 aliphatic rings. The molecule has 22 heavy (non-hydrogen) atoms. The van der Waals surface area contributed by atoms with Crippen LogP contribution in [-0.4, -0.2) is 20.1 Å². The topological polar surface area (TPSA) is 80.6 Å². The van der Waals surface area contributed by atoms with E-state index < -0.39 is 15.7 Å². The van der Waals surface area contributed by atoms with Crippen molar-refractivity contribution in [3.63, 3.8) is 0 Å². The first-order valence-electron chi connectivity index (χ1n) is 7.42. The SMILES string of the molecule is O=NC(=O)CCCCCS(=O)(=O)c1ccc2c(c1)=CCCC=2. The molecule has 0 saturated carbocycles. The molecule has 5 nitrogen and oxygen atoms in total. The number of sulfone groups is 1. The van der Waals surface area contributed by atoms with Gasteiger partial charge in [-0.3, -0.25) is 4.79 Å². The summed E-state index contributed by atoms with van der Waals surface area (Å²) in [6, 6.07) is 5.25. The van der Waals surface area contributed by atoms with E-state index in [1.807, 2.05) is 6.07 Å². The maximum absolute atomic E-state index is 12.3. The number of amides is 1. The summed E-state index contributed by atoms with van der Waals surface area (Å²) in [5.74, 6) is -0.623. The van der Waals surface area contributed by atoms with Crippen molar-refractivity contribution in [3.05, 3.63) is 33.5 Å². The number of hydrogen-bond donors (Lipinski definition) is 0. The molecular weight excluding hydrogens is 302 g/mol. The molecule has 1 aromatic rings. The van der Waals surface area contributed by atoms with E-state index in [0.717, 1.165) is 23.3 Å². The van der Waals surface area contributed by atoms with Crippen LogP contribution in [-0.2, 0) is 14.6 Å². The number of fused-ring (bicyclic) bond motifs is 1. The van der Waals surface area contributed by atoms with Crippen molar-refractivity contribution in [1.82, 2.24) is 0 Å². The maximum Gasteiger partial charge on any atom is 0.286 e. The lowest BCUT2D eigenvalue weighted by atomic mass is 10.1. The number of carbonyl (C=O) groups is 1. The second-order valence-electron chi connectivity index (χ2n) is 5.39. The molecule has 1 amide bonds. The fraction of sp³-hybridized carbons (Fsp3) is 0.438. The molecule has 1 aliphatic carbocycles. The van der Waals surface area contributed by atoms with Crippen LogP contribution in [0.5, 0.6) is 0 Å². The van der Waals surface area contributed by atoms with Crippen molar-refractivity contribution in [3.8, 4) is 0 Å². The fourth-order valence-electron chi connectivity index (χ4n) is 2.50. The van der Waals surface area contributed by atoms with Gasteiger partial charge in [0.05, 0.1) is 10.6 Å². The first-order valence-corrected chi connectivity index (χ1v) is 9.07. The predicted octanol–water partition coefficient (Wildman–Crippen LogP) is 1.67. The average molecular weight is 321 g/mol. The maximum atomic E-state index is 12.3. The number of unbranched alkanes of at least 4 members (excludes halogenated alkanes) is 2. The highest BCUT2D eigenvalue weighted by Gasteiger charge is 2.14. The molecule has 0 fully saturated rings. The number of hydrogen-bond acceptors (Lipinski definition) is 4. The lowest BCUT2D eigenvalue weighted by molar-refractivity contribution is -0.118. The van der Waals surface area contributed by atoms with Gasteiger partial charge in [-0.25, -0.2) is 8.42 Å². The Hall–Kier alpha value is -1.82. The Labute approximate surface area is 129 Å². The first-order chi connectivity index (χ1) is 10.5. The lowest BCUT2D eigenvalue weighted by Gasteiger charge is -2.06. The lowest BCUT2D eigenvalue weighted by Crippen LogP contribution is -2.27. The van der Waals surface area contributed by atoms with Crippen LogP contribution in [0.4, 0.5) is 0 Å². The molecule has 0 radical (unpaired) electrons. The minimum atomic E-state index is -3.30. The highest BCUT2D eigenvalue weighted by Crippen LogP contribution is 2.12. The van der Waals surface area contributed by atoms with Gasteiger partial charge in [0.1, 0.15) is 0 Å². The second kappa shape index (κ2) is 7.45. The Kier molecular flexibility index (Phi) is 5.60. The largest absolute Gasteiger partial charge is 0.286 e. The molecule has 6 heteroatoms. The summed E-state index contributed by atoms with van der Waals surface area (Å²) in [5.41, 5.74) is 0. The van der Waals surface area contributed by atoms with Crippen LogP contribution >= 0.6 is 0 Å². The van der Waals surface area contributed by atoms with E-state index in [1.54, 1.807) is 12.1 Å². The van der Waals surface area contributed by atoms with Gasteiger partial charge in [0.15, 0.2) is 9.84 Å². The zero-order valence-corrected chi connectivity index (χ0v) is 13.1. The molecule has 0 heterocycles. The third-order valence-corrected chi connectivity index (χ3v) is 5.52. The summed E-state index contributed by atoms with van der Waals surface area (Å²) in [6.45, 7) is 0. The average Bonchev–Trinajstić information content (AvgIpc) is 2.53. The highest BCUT2D eigenvalue weighted by molar-refractivity contribution is 7.91. The zero-order chi connectivity index (χ0) is 16.0.